The Morgan fingerprint density at radius 3 is 2.79 bits per heavy atom. The lowest BCUT2D eigenvalue weighted by Gasteiger charge is -2.22. The zero-order valence-corrected chi connectivity index (χ0v) is 20.6. The highest BCUT2D eigenvalue weighted by molar-refractivity contribution is 7.88. The molecule has 1 aliphatic heterocycles. The summed E-state index contributed by atoms with van der Waals surface area (Å²) in [6.45, 7) is 3.14. The van der Waals surface area contributed by atoms with Crippen LogP contribution in [-0.2, 0) is 27.8 Å². The first-order valence-corrected chi connectivity index (χ1v) is 13.7. The molecule has 1 unspecified atom stereocenters. The Balaban J connectivity index is 1.38. The fourth-order valence-corrected chi connectivity index (χ4v) is 5.35. The van der Waals surface area contributed by atoms with Crippen LogP contribution in [0.4, 0.5) is 5.82 Å². The largest absolute Gasteiger partial charge is 0.370 e. The Bertz CT molecular complexity index is 1280. The van der Waals surface area contributed by atoms with Gasteiger partial charge in [-0.2, -0.15) is 4.31 Å². The molecule has 1 atom stereocenters. The van der Waals surface area contributed by atoms with Crippen LogP contribution in [0.1, 0.15) is 55.3 Å². The number of Topliss-reactive ketones (excluding diaryl/α,β-unsaturated/α-hetero) is 1. The molecule has 0 aliphatic carbocycles. The molecule has 7 nitrogen and oxygen atoms in total. The van der Waals surface area contributed by atoms with Gasteiger partial charge in [0.15, 0.2) is 0 Å². The molecule has 1 aliphatic rings. The number of anilines is 1. The molecule has 0 bridgehead atoms. The number of carbonyl (C=O) groups is 1. The topological polar surface area (TPSA) is 92.3 Å². The Kier molecular flexibility index (Phi) is 7.58. The van der Waals surface area contributed by atoms with Crippen LogP contribution in [0.2, 0.25) is 0 Å². The number of nitrogens with one attached hydrogen (secondary N) is 1. The van der Waals surface area contributed by atoms with E-state index in [9.17, 15) is 13.2 Å². The second-order valence-corrected chi connectivity index (χ2v) is 11.0. The molecular formula is C26H32N4O3S. The standard InChI is InChI=1S/C26H32N4O3S/c1-19(31)24(22-16-21-8-3-4-11-25(21)28-17-22)10-5-6-15-30(34(2,32)33)18-23-13-12-20-9-7-14-27-26(20)29-23/h3-4,8,11-13,16-17,24H,5-7,9-10,14-15,18H2,1-2H3,(H,27,29). The van der Waals surface area contributed by atoms with Crippen LogP contribution >= 0.6 is 0 Å². The minimum atomic E-state index is -3.38. The van der Waals surface area contributed by atoms with E-state index in [-0.39, 0.29) is 18.2 Å². The van der Waals surface area contributed by atoms with Crippen LogP contribution in [0.5, 0.6) is 0 Å². The van der Waals surface area contributed by atoms with E-state index in [1.165, 1.54) is 16.1 Å². The quantitative estimate of drug-likeness (QED) is 0.435. The highest BCUT2D eigenvalue weighted by Crippen LogP contribution is 2.26. The second-order valence-electron chi connectivity index (χ2n) is 9.06. The number of aryl methyl sites for hydroxylation is 1. The first kappa shape index (κ1) is 24.3. The molecule has 1 N–H and O–H groups in total. The highest BCUT2D eigenvalue weighted by atomic mass is 32.2. The lowest BCUT2D eigenvalue weighted by Crippen LogP contribution is -2.31. The molecule has 4 rings (SSSR count). The normalized spacial score (nSPS) is 14.6. The first-order valence-electron chi connectivity index (χ1n) is 11.8. The van der Waals surface area contributed by atoms with Crippen molar-refractivity contribution in [2.24, 2.45) is 0 Å². The summed E-state index contributed by atoms with van der Waals surface area (Å²) in [6, 6.07) is 13.9. The van der Waals surface area contributed by atoms with Crippen LogP contribution in [-0.4, -0.2) is 47.8 Å². The molecule has 0 saturated carbocycles. The number of unbranched alkanes of at least 4 members (excludes halogenated alkanes) is 1. The number of pyridine rings is 2. The SMILES string of the molecule is CC(=O)C(CCCCN(Cc1ccc2c(n1)NCCC2)S(C)(=O)=O)c1cnc2ccccc2c1. The number of aromatic nitrogens is 2. The summed E-state index contributed by atoms with van der Waals surface area (Å²) in [7, 11) is -3.38. The van der Waals surface area contributed by atoms with Gasteiger partial charge < -0.3 is 5.32 Å². The summed E-state index contributed by atoms with van der Waals surface area (Å²) in [5.74, 6) is 0.727. The van der Waals surface area contributed by atoms with Gasteiger partial charge in [0.05, 0.1) is 24.0 Å². The van der Waals surface area contributed by atoms with Crippen LogP contribution in [0.3, 0.4) is 0 Å². The Hall–Kier alpha value is -2.84. The lowest BCUT2D eigenvalue weighted by molar-refractivity contribution is -0.118. The maximum absolute atomic E-state index is 12.4. The van der Waals surface area contributed by atoms with Gasteiger partial charge in [-0.3, -0.25) is 9.78 Å². The molecule has 1 aromatic carbocycles. The number of fused-ring (bicyclic) bond motifs is 2. The van der Waals surface area contributed by atoms with Crippen LogP contribution in [0.15, 0.2) is 48.7 Å². The van der Waals surface area contributed by atoms with Gasteiger partial charge in [-0.15, -0.1) is 0 Å². The number of carbonyl (C=O) groups excluding carboxylic acids is 1. The zero-order valence-electron chi connectivity index (χ0n) is 19.8. The summed E-state index contributed by atoms with van der Waals surface area (Å²) < 4.78 is 26.3. The van der Waals surface area contributed by atoms with E-state index in [0.717, 1.165) is 53.8 Å². The van der Waals surface area contributed by atoms with Crippen LogP contribution in [0, 0.1) is 0 Å². The summed E-state index contributed by atoms with van der Waals surface area (Å²) in [4.78, 5) is 21.5. The van der Waals surface area contributed by atoms with Gasteiger partial charge in [-0.1, -0.05) is 30.7 Å². The number of nitrogens with zero attached hydrogens (tertiary/aromatic N) is 3. The van der Waals surface area contributed by atoms with Crippen LogP contribution in [0.25, 0.3) is 10.9 Å². The fourth-order valence-electron chi connectivity index (χ4n) is 4.52. The molecular weight excluding hydrogens is 448 g/mol. The molecule has 0 spiro atoms. The minimum Gasteiger partial charge on any atom is -0.370 e. The minimum absolute atomic E-state index is 0.0998. The average Bonchev–Trinajstić information content (AvgIpc) is 2.82. The summed E-state index contributed by atoms with van der Waals surface area (Å²) >= 11 is 0. The van der Waals surface area contributed by atoms with Gasteiger partial charge in [-0.25, -0.2) is 13.4 Å². The van der Waals surface area contributed by atoms with E-state index < -0.39 is 10.0 Å². The molecule has 3 aromatic rings. The van der Waals surface area contributed by atoms with Crippen LogP contribution < -0.4 is 5.32 Å². The van der Waals surface area contributed by atoms with E-state index in [0.29, 0.717) is 19.4 Å². The molecule has 0 amide bonds. The van der Waals surface area contributed by atoms with Crippen molar-refractivity contribution >= 4 is 32.5 Å². The van der Waals surface area contributed by atoms with E-state index in [1.807, 2.05) is 42.5 Å². The zero-order chi connectivity index (χ0) is 24.1. The molecule has 34 heavy (non-hydrogen) atoms. The third-order valence-electron chi connectivity index (χ3n) is 6.41. The Morgan fingerprint density at radius 1 is 1.18 bits per heavy atom. The lowest BCUT2D eigenvalue weighted by atomic mass is 9.90. The highest BCUT2D eigenvalue weighted by Gasteiger charge is 2.21. The summed E-state index contributed by atoms with van der Waals surface area (Å²) in [6.07, 6.45) is 7.17. The average molecular weight is 481 g/mol. The number of hydrogen-bond acceptors (Lipinski definition) is 6. The van der Waals surface area contributed by atoms with E-state index >= 15 is 0 Å². The van der Waals surface area contributed by atoms with Gasteiger partial charge in [-0.05, 0) is 61.9 Å². The fraction of sp³-hybridized carbons (Fsp3) is 0.423. The monoisotopic (exact) mass is 480 g/mol. The number of hydrogen-bond donors (Lipinski definition) is 1. The van der Waals surface area contributed by atoms with E-state index in [4.69, 9.17) is 0 Å². The summed E-state index contributed by atoms with van der Waals surface area (Å²) in [5.41, 5.74) is 3.74. The maximum Gasteiger partial charge on any atom is 0.211 e. The third-order valence-corrected chi connectivity index (χ3v) is 7.66. The smallest absolute Gasteiger partial charge is 0.211 e. The molecule has 2 aromatic heterocycles. The summed E-state index contributed by atoms with van der Waals surface area (Å²) in [5, 5.41) is 4.32. The Morgan fingerprint density at radius 2 is 2.00 bits per heavy atom. The first-order chi connectivity index (χ1) is 16.3. The van der Waals surface area contributed by atoms with Gasteiger partial charge in [0.2, 0.25) is 10.0 Å². The van der Waals surface area contributed by atoms with Crippen molar-refractivity contribution in [2.45, 2.75) is 51.5 Å². The van der Waals surface area contributed by atoms with Crippen molar-refractivity contribution in [3.05, 3.63) is 65.5 Å². The number of ketones is 1. The number of rotatable bonds is 10. The molecule has 3 heterocycles. The van der Waals surface area contributed by atoms with Gasteiger partial charge in [0, 0.05) is 30.6 Å². The molecule has 180 valence electrons. The number of para-hydroxylation sites is 1. The molecule has 0 saturated heterocycles. The maximum atomic E-state index is 12.4. The molecule has 8 heteroatoms. The van der Waals surface area contributed by atoms with Crippen molar-refractivity contribution in [1.29, 1.82) is 0 Å². The van der Waals surface area contributed by atoms with Crippen molar-refractivity contribution in [3.63, 3.8) is 0 Å². The third kappa shape index (κ3) is 5.98. The predicted molar refractivity (Wildman–Crippen MR) is 135 cm³/mol. The van der Waals surface area contributed by atoms with E-state index in [1.54, 1.807) is 13.1 Å². The van der Waals surface area contributed by atoms with Gasteiger partial charge >= 0.3 is 0 Å². The van der Waals surface area contributed by atoms with Crippen molar-refractivity contribution in [2.75, 3.05) is 24.7 Å². The Labute approximate surface area is 201 Å². The predicted octanol–water partition coefficient (Wildman–Crippen LogP) is 4.29. The van der Waals surface area contributed by atoms with Crippen molar-refractivity contribution < 1.29 is 13.2 Å². The van der Waals surface area contributed by atoms with E-state index in [2.05, 4.69) is 15.3 Å². The molecule has 0 radical (unpaired) electrons. The van der Waals surface area contributed by atoms with Crippen molar-refractivity contribution in [1.82, 2.24) is 14.3 Å². The van der Waals surface area contributed by atoms with Gasteiger partial charge in [0.1, 0.15) is 11.6 Å². The number of benzene rings is 1. The second kappa shape index (κ2) is 10.6. The number of sulfonamides is 1. The van der Waals surface area contributed by atoms with Crippen molar-refractivity contribution in [3.8, 4) is 0 Å². The molecule has 0 fully saturated rings. The van der Waals surface area contributed by atoms with Gasteiger partial charge in [0.25, 0.3) is 0 Å².